The van der Waals surface area contributed by atoms with Crippen molar-refractivity contribution >= 4 is 0 Å². The third-order valence-corrected chi connectivity index (χ3v) is 3.68. The Morgan fingerprint density at radius 2 is 2.00 bits per heavy atom. The summed E-state index contributed by atoms with van der Waals surface area (Å²) in [6, 6.07) is 8.03. The van der Waals surface area contributed by atoms with E-state index in [2.05, 4.69) is 17.1 Å². The van der Waals surface area contributed by atoms with E-state index >= 15 is 0 Å². The molecule has 0 radical (unpaired) electrons. The van der Waals surface area contributed by atoms with E-state index in [9.17, 15) is 0 Å². The smallest absolute Gasteiger partial charge is 0.128 e. The van der Waals surface area contributed by atoms with Gasteiger partial charge in [0.15, 0.2) is 0 Å². The standard InChI is InChI=1S/C17H25N3O/c1-3-4-5-8-11-21-16-10-7-6-9-14(16)17-15(12-18)13(2)19-20-17/h6-7,9-10H,3-5,8,11-12,18H2,1-2H3,(H,19,20). The van der Waals surface area contributed by atoms with Crippen molar-refractivity contribution in [3.05, 3.63) is 35.5 Å². The average molecular weight is 287 g/mol. The minimum Gasteiger partial charge on any atom is -0.493 e. The van der Waals surface area contributed by atoms with E-state index in [1.165, 1.54) is 19.3 Å². The fourth-order valence-corrected chi connectivity index (χ4v) is 2.42. The molecule has 0 spiro atoms. The quantitative estimate of drug-likeness (QED) is 0.726. The van der Waals surface area contributed by atoms with Crippen molar-refractivity contribution in [3.8, 4) is 17.0 Å². The van der Waals surface area contributed by atoms with E-state index in [0.717, 1.165) is 41.3 Å². The van der Waals surface area contributed by atoms with E-state index in [0.29, 0.717) is 6.54 Å². The molecule has 21 heavy (non-hydrogen) atoms. The van der Waals surface area contributed by atoms with Crippen molar-refractivity contribution in [2.24, 2.45) is 5.73 Å². The highest BCUT2D eigenvalue weighted by Gasteiger charge is 2.14. The molecule has 2 aromatic rings. The lowest BCUT2D eigenvalue weighted by Crippen LogP contribution is -2.02. The largest absolute Gasteiger partial charge is 0.493 e. The number of nitrogens with zero attached hydrogens (tertiary/aromatic N) is 1. The van der Waals surface area contributed by atoms with Crippen molar-refractivity contribution < 1.29 is 4.74 Å². The summed E-state index contributed by atoms with van der Waals surface area (Å²) in [6.45, 7) is 5.43. The number of nitrogens with two attached hydrogens (primary N) is 1. The zero-order chi connectivity index (χ0) is 15.1. The first-order valence-electron chi connectivity index (χ1n) is 7.74. The molecule has 0 saturated carbocycles. The molecule has 0 amide bonds. The highest BCUT2D eigenvalue weighted by atomic mass is 16.5. The summed E-state index contributed by atoms with van der Waals surface area (Å²) in [5, 5.41) is 7.40. The van der Waals surface area contributed by atoms with Crippen LogP contribution in [-0.4, -0.2) is 16.8 Å². The van der Waals surface area contributed by atoms with Crippen LogP contribution in [0.4, 0.5) is 0 Å². The summed E-state index contributed by atoms with van der Waals surface area (Å²) >= 11 is 0. The molecule has 2 rings (SSSR count). The Morgan fingerprint density at radius 3 is 2.76 bits per heavy atom. The summed E-state index contributed by atoms with van der Waals surface area (Å²) in [6.07, 6.45) is 4.81. The van der Waals surface area contributed by atoms with Crippen LogP contribution in [-0.2, 0) is 6.54 Å². The third kappa shape index (κ3) is 3.85. The predicted molar refractivity (Wildman–Crippen MR) is 86.3 cm³/mol. The molecule has 1 aromatic carbocycles. The van der Waals surface area contributed by atoms with E-state index < -0.39 is 0 Å². The third-order valence-electron chi connectivity index (χ3n) is 3.68. The van der Waals surface area contributed by atoms with Gasteiger partial charge in [-0.15, -0.1) is 0 Å². The predicted octanol–water partition coefficient (Wildman–Crippen LogP) is 3.80. The molecule has 0 atom stereocenters. The Kier molecular flexibility index (Phi) is 5.81. The number of hydrogen-bond acceptors (Lipinski definition) is 3. The van der Waals surface area contributed by atoms with Crippen LogP contribution in [0, 0.1) is 6.92 Å². The van der Waals surface area contributed by atoms with E-state index in [-0.39, 0.29) is 0 Å². The number of ether oxygens (including phenoxy) is 1. The first-order valence-corrected chi connectivity index (χ1v) is 7.74. The second kappa shape index (κ2) is 7.84. The maximum absolute atomic E-state index is 5.95. The average Bonchev–Trinajstić information content (AvgIpc) is 2.88. The van der Waals surface area contributed by atoms with Crippen LogP contribution in [0.2, 0.25) is 0 Å². The molecule has 1 heterocycles. The molecule has 0 aliphatic heterocycles. The van der Waals surface area contributed by atoms with Gasteiger partial charge in [-0.05, 0) is 25.5 Å². The van der Waals surface area contributed by atoms with Gasteiger partial charge in [-0.2, -0.15) is 5.10 Å². The van der Waals surface area contributed by atoms with Gasteiger partial charge in [-0.25, -0.2) is 0 Å². The van der Waals surface area contributed by atoms with Gasteiger partial charge in [0, 0.05) is 23.4 Å². The molecule has 114 valence electrons. The van der Waals surface area contributed by atoms with Crippen molar-refractivity contribution in [1.82, 2.24) is 10.2 Å². The number of rotatable bonds is 8. The molecule has 0 saturated heterocycles. The Labute approximate surface area is 126 Å². The number of benzene rings is 1. The van der Waals surface area contributed by atoms with Crippen LogP contribution < -0.4 is 10.5 Å². The normalized spacial score (nSPS) is 10.8. The number of H-pyrrole nitrogens is 1. The van der Waals surface area contributed by atoms with Crippen LogP contribution in [0.25, 0.3) is 11.3 Å². The van der Waals surface area contributed by atoms with Crippen molar-refractivity contribution in [2.75, 3.05) is 6.61 Å². The maximum Gasteiger partial charge on any atom is 0.128 e. The van der Waals surface area contributed by atoms with Gasteiger partial charge < -0.3 is 10.5 Å². The number of aromatic amines is 1. The fourth-order valence-electron chi connectivity index (χ4n) is 2.42. The second-order valence-corrected chi connectivity index (χ2v) is 5.29. The van der Waals surface area contributed by atoms with E-state index in [1.807, 2.05) is 31.2 Å². The lowest BCUT2D eigenvalue weighted by molar-refractivity contribution is 0.306. The number of para-hydroxylation sites is 1. The summed E-state index contributed by atoms with van der Waals surface area (Å²) in [5.74, 6) is 0.884. The summed E-state index contributed by atoms with van der Waals surface area (Å²) in [5.41, 5.74) is 9.82. The molecule has 4 heteroatoms. The van der Waals surface area contributed by atoms with Gasteiger partial charge in [0.1, 0.15) is 11.4 Å². The van der Waals surface area contributed by atoms with Crippen LogP contribution in [0.3, 0.4) is 0 Å². The molecule has 0 unspecified atom stereocenters. The second-order valence-electron chi connectivity index (χ2n) is 5.29. The lowest BCUT2D eigenvalue weighted by Gasteiger charge is -2.11. The molecule has 0 aliphatic carbocycles. The molecule has 3 N–H and O–H groups in total. The Morgan fingerprint density at radius 1 is 1.19 bits per heavy atom. The van der Waals surface area contributed by atoms with Crippen LogP contribution in [0.5, 0.6) is 5.75 Å². The highest BCUT2D eigenvalue weighted by Crippen LogP contribution is 2.31. The van der Waals surface area contributed by atoms with Gasteiger partial charge in [-0.3, -0.25) is 5.10 Å². The number of aromatic nitrogens is 2. The Hall–Kier alpha value is -1.81. The number of hydrogen-bond donors (Lipinski definition) is 2. The summed E-state index contributed by atoms with van der Waals surface area (Å²) in [4.78, 5) is 0. The van der Waals surface area contributed by atoms with Crippen LogP contribution in [0.15, 0.2) is 24.3 Å². The summed E-state index contributed by atoms with van der Waals surface area (Å²) < 4.78 is 5.95. The topological polar surface area (TPSA) is 63.9 Å². The molecule has 0 bridgehead atoms. The van der Waals surface area contributed by atoms with Crippen molar-refractivity contribution in [2.45, 2.75) is 46.1 Å². The SMILES string of the molecule is CCCCCCOc1ccccc1-c1n[nH]c(C)c1CN. The van der Waals surface area contributed by atoms with Crippen molar-refractivity contribution in [3.63, 3.8) is 0 Å². The number of nitrogens with one attached hydrogen (secondary N) is 1. The first-order chi connectivity index (χ1) is 10.3. The maximum atomic E-state index is 5.95. The monoisotopic (exact) mass is 287 g/mol. The minimum absolute atomic E-state index is 0.475. The lowest BCUT2D eigenvalue weighted by atomic mass is 10.1. The molecule has 0 fully saturated rings. The molecule has 1 aromatic heterocycles. The summed E-state index contributed by atoms with van der Waals surface area (Å²) in [7, 11) is 0. The van der Waals surface area contributed by atoms with Gasteiger partial charge >= 0.3 is 0 Å². The first kappa shape index (κ1) is 15.6. The molecular weight excluding hydrogens is 262 g/mol. The van der Waals surface area contributed by atoms with Gasteiger partial charge in [-0.1, -0.05) is 38.3 Å². The number of unbranched alkanes of at least 4 members (excludes halogenated alkanes) is 3. The van der Waals surface area contributed by atoms with Crippen LogP contribution >= 0.6 is 0 Å². The van der Waals surface area contributed by atoms with Crippen LogP contribution in [0.1, 0.15) is 43.9 Å². The zero-order valence-corrected chi connectivity index (χ0v) is 13.0. The minimum atomic E-state index is 0.475. The van der Waals surface area contributed by atoms with Crippen molar-refractivity contribution in [1.29, 1.82) is 0 Å². The van der Waals surface area contributed by atoms with E-state index in [4.69, 9.17) is 10.5 Å². The fraction of sp³-hybridized carbons (Fsp3) is 0.471. The van der Waals surface area contributed by atoms with Gasteiger partial charge in [0.2, 0.25) is 0 Å². The molecule has 0 aliphatic rings. The van der Waals surface area contributed by atoms with E-state index in [1.54, 1.807) is 0 Å². The molecule has 4 nitrogen and oxygen atoms in total. The van der Waals surface area contributed by atoms with Gasteiger partial charge in [0.25, 0.3) is 0 Å². The highest BCUT2D eigenvalue weighted by molar-refractivity contribution is 5.70. The number of aryl methyl sites for hydroxylation is 1. The zero-order valence-electron chi connectivity index (χ0n) is 13.0. The molecular formula is C17H25N3O. The Bertz CT molecular complexity index is 563. The Balaban J connectivity index is 2.13. The van der Waals surface area contributed by atoms with Gasteiger partial charge in [0.05, 0.1) is 6.61 Å².